The van der Waals surface area contributed by atoms with Crippen LogP contribution in [0.4, 0.5) is 0 Å². The third kappa shape index (κ3) is 1.49. The molecule has 2 rings (SSSR count). The summed E-state index contributed by atoms with van der Waals surface area (Å²) in [4.78, 5) is 3.33. The first-order valence-corrected chi connectivity index (χ1v) is 5.80. The molecule has 0 unspecified atom stereocenters. The summed E-state index contributed by atoms with van der Waals surface area (Å²) >= 11 is 1.68. The minimum Gasteiger partial charge on any atom is -0.387 e. The van der Waals surface area contributed by atoms with Gasteiger partial charge in [0.15, 0.2) is 0 Å². The van der Waals surface area contributed by atoms with E-state index in [-0.39, 0.29) is 11.5 Å². The van der Waals surface area contributed by atoms with Gasteiger partial charge < -0.3 is 10.0 Å². The Kier molecular flexibility index (Phi) is 2.41. The number of rotatable bonds is 2. The maximum Gasteiger partial charge on any atom is 0.0953 e. The fraction of sp³-hybridized carbons (Fsp3) is 0.636. The predicted molar refractivity (Wildman–Crippen MR) is 59.6 cm³/mol. The average Bonchev–Trinajstić information content (AvgIpc) is 2.55. The van der Waals surface area contributed by atoms with Crippen molar-refractivity contribution in [2.75, 3.05) is 20.6 Å². The van der Waals surface area contributed by atoms with Gasteiger partial charge in [0.1, 0.15) is 0 Å². The fourth-order valence-electron chi connectivity index (χ4n) is 2.45. The van der Waals surface area contributed by atoms with Gasteiger partial charge >= 0.3 is 0 Å². The molecule has 0 aromatic carbocycles. The Morgan fingerprint density at radius 2 is 2.36 bits per heavy atom. The molecule has 0 radical (unpaired) electrons. The number of nitrogens with zero attached hydrogens (tertiary/aromatic N) is 1. The highest BCUT2D eigenvalue weighted by Crippen LogP contribution is 2.47. The molecule has 0 aliphatic heterocycles. The monoisotopic (exact) mass is 211 g/mol. The third-order valence-electron chi connectivity index (χ3n) is 2.96. The number of thiophene rings is 1. The Morgan fingerprint density at radius 1 is 1.64 bits per heavy atom. The lowest BCUT2D eigenvalue weighted by Gasteiger charge is -2.31. The van der Waals surface area contributed by atoms with E-state index in [1.807, 2.05) is 0 Å². The second-order valence-electron chi connectivity index (χ2n) is 4.78. The third-order valence-corrected chi connectivity index (χ3v) is 3.97. The molecule has 1 aliphatic rings. The van der Waals surface area contributed by atoms with Crippen LogP contribution >= 0.6 is 11.3 Å². The summed E-state index contributed by atoms with van der Waals surface area (Å²) in [6.45, 7) is 3.11. The second kappa shape index (κ2) is 3.33. The molecule has 0 spiro atoms. The van der Waals surface area contributed by atoms with Crippen LogP contribution in [-0.2, 0) is 6.42 Å². The Bertz CT molecular complexity index is 334. The summed E-state index contributed by atoms with van der Waals surface area (Å²) in [7, 11) is 4.12. The molecule has 1 aromatic rings. The van der Waals surface area contributed by atoms with Crippen LogP contribution in [0.3, 0.4) is 0 Å². The van der Waals surface area contributed by atoms with E-state index in [0.29, 0.717) is 0 Å². The van der Waals surface area contributed by atoms with Crippen LogP contribution in [0.15, 0.2) is 11.4 Å². The van der Waals surface area contributed by atoms with Gasteiger partial charge in [-0.25, -0.2) is 0 Å². The highest BCUT2D eigenvalue weighted by molar-refractivity contribution is 7.10. The first-order chi connectivity index (χ1) is 6.53. The molecule has 3 heteroatoms. The van der Waals surface area contributed by atoms with Gasteiger partial charge in [0, 0.05) is 16.8 Å². The van der Waals surface area contributed by atoms with Gasteiger partial charge in [-0.15, -0.1) is 11.3 Å². The maximum atomic E-state index is 10.2. The van der Waals surface area contributed by atoms with Gasteiger partial charge in [0.2, 0.25) is 0 Å². The molecule has 2 atom stereocenters. The lowest BCUT2D eigenvalue weighted by Crippen LogP contribution is -2.34. The molecule has 14 heavy (non-hydrogen) atoms. The van der Waals surface area contributed by atoms with Crippen molar-refractivity contribution in [1.82, 2.24) is 4.90 Å². The standard InChI is InChI=1S/C11H17NOS/c1-11(7-12(2)3)6-8-4-5-14-9(8)10(11)13/h4-5,10,13H,6-7H2,1-3H3/t10-,11-/m0/s1. The summed E-state index contributed by atoms with van der Waals surface area (Å²) in [6.07, 6.45) is 0.727. The van der Waals surface area contributed by atoms with Crippen LogP contribution in [0.1, 0.15) is 23.5 Å². The molecule has 0 saturated heterocycles. The fourth-order valence-corrected chi connectivity index (χ4v) is 3.53. The topological polar surface area (TPSA) is 23.5 Å². The van der Waals surface area contributed by atoms with E-state index >= 15 is 0 Å². The largest absolute Gasteiger partial charge is 0.387 e. The van der Waals surface area contributed by atoms with Crippen LogP contribution < -0.4 is 0 Å². The van der Waals surface area contributed by atoms with E-state index in [1.54, 1.807) is 11.3 Å². The van der Waals surface area contributed by atoms with Crippen LogP contribution in [0.2, 0.25) is 0 Å². The van der Waals surface area contributed by atoms with Gasteiger partial charge in [-0.3, -0.25) is 0 Å². The van der Waals surface area contributed by atoms with Crippen LogP contribution in [0, 0.1) is 5.41 Å². The molecule has 1 N–H and O–H groups in total. The molecule has 1 aromatic heterocycles. The first kappa shape index (κ1) is 10.1. The van der Waals surface area contributed by atoms with Crippen molar-refractivity contribution in [1.29, 1.82) is 0 Å². The molecule has 78 valence electrons. The lowest BCUT2D eigenvalue weighted by molar-refractivity contribution is 0.0351. The SMILES string of the molecule is CN(C)C[C@]1(C)Cc2ccsc2[C@@H]1O. The molecular weight excluding hydrogens is 194 g/mol. The van der Waals surface area contributed by atoms with Gasteiger partial charge in [0.25, 0.3) is 0 Å². The van der Waals surface area contributed by atoms with Gasteiger partial charge in [-0.1, -0.05) is 6.92 Å². The smallest absolute Gasteiger partial charge is 0.0953 e. The van der Waals surface area contributed by atoms with Crippen LogP contribution in [0.5, 0.6) is 0 Å². The van der Waals surface area contributed by atoms with E-state index in [2.05, 4.69) is 37.4 Å². The van der Waals surface area contributed by atoms with Crippen molar-refractivity contribution >= 4 is 11.3 Å². The van der Waals surface area contributed by atoms with E-state index in [1.165, 1.54) is 10.4 Å². The minimum atomic E-state index is -0.278. The summed E-state index contributed by atoms with van der Waals surface area (Å²) in [5.74, 6) is 0. The van der Waals surface area contributed by atoms with Crippen molar-refractivity contribution in [2.45, 2.75) is 19.4 Å². The number of aliphatic hydroxyl groups is 1. The van der Waals surface area contributed by atoms with Gasteiger partial charge in [-0.2, -0.15) is 0 Å². The quantitative estimate of drug-likeness (QED) is 0.807. The van der Waals surface area contributed by atoms with Gasteiger partial charge in [0.05, 0.1) is 6.10 Å². The first-order valence-electron chi connectivity index (χ1n) is 4.92. The zero-order chi connectivity index (χ0) is 10.3. The molecule has 0 fully saturated rings. The summed E-state index contributed by atoms with van der Waals surface area (Å²) < 4.78 is 0. The van der Waals surface area contributed by atoms with E-state index in [0.717, 1.165) is 13.0 Å². The Morgan fingerprint density at radius 3 is 2.93 bits per heavy atom. The van der Waals surface area contributed by atoms with Crippen molar-refractivity contribution in [3.8, 4) is 0 Å². The number of aliphatic hydroxyl groups excluding tert-OH is 1. The summed E-state index contributed by atoms with van der Waals surface area (Å²) in [6, 6.07) is 2.14. The number of hydrogen-bond donors (Lipinski definition) is 1. The van der Waals surface area contributed by atoms with Crippen molar-refractivity contribution < 1.29 is 5.11 Å². The zero-order valence-electron chi connectivity index (χ0n) is 8.95. The number of fused-ring (bicyclic) bond motifs is 1. The summed E-state index contributed by atoms with van der Waals surface area (Å²) in [5, 5.41) is 12.3. The molecule has 0 saturated carbocycles. The predicted octanol–water partition coefficient (Wildman–Crippen LogP) is 1.91. The lowest BCUT2D eigenvalue weighted by atomic mass is 9.85. The Hall–Kier alpha value is -0.380. The van der Waals surface area contributed by atoms with E-state index in [9.17, 15) is 5.11 Å². The molecule has 0 amide bonds. The van der Waals surface area contributed by atoms with Crippen molar-refractivity contribution in [3.63, 3.8) is 0 Å². The highest BCUT2D eigenvalue weighted by atomic mass is 32.1. The van der Waals surface area contributed by atoms with Gasteiger partial charge in [-0.05, 0) is 37.5 Å². The molecule has 2 nitrogen and oxygen atoms in total. The Balaban J connectivity index is 2.23. The molecule has 1 aliphatic carbocycles. The van der Waals surface area contributed by atoms with Crippen molar-refractivity contribution in [3.05, 3.63) is 21.9 Å². The van der Waals surface area contributed by atoms with E-state index < -0.39 is 0 Å². The maximum absolute atomic E-state index is 10.2. The number of hydrogen-bond acceptors (Lipinski definition) is 3. The molecule has 0 bridgehead atoms. The molecular formula is C11H17NOS. The molecule has 1 heterocycles. The Labute approximate surface area is 89.2 Å². The van der Waals surface area contributed by atoms with Crippen molar-refractivity contribution in [2.24, 2.45) is 5.41 Å². The average molecular weight is 211 g/mol. The van der Waals surface area contributed by atoms with Crippen LogP contribution in [0.25, 0.3) is 0 Å². The normalized spacial score (nSPS) is 31.1. The van der Waals surface area contributed by atoms with E-state index in [4.69, 9.17) is 0 Å². The minimum absolute atomic E-state index is 0.00588. The second-order valence-corrected chi connectivity index (χ2v) is 5.73. The highest BCUT2D eigenvalue weighted by Gasteiger charge is 2.42. The summed E-state index contributed by atoms with van der Waals surface area (Å²) in [5.41, 5.74) is 1.35. The zero-order valence-corrected chi connectivity index (χ0v) is 9.77. The van der Waals surface area contributed by atoms with Crippen LogP contribution in [-0.4, -0.2) is 30.6 Å².